The SMILES string of the molecule is c1ccc(-c2ccc(N(c3ccc(-c4ccc5c(ccc6ccccc65)c4)cc3)c3ccc4c(c3)sc3ccccc34)c3c2sc2ccccc23)cc1. The lowest BCUT2D eigenvalue weighted by Gasteiger charge is -2.27. The summed E-state index contributed by atoms with van der Waals surface area (Å²) in [6.07, 6.45) is 0. The van der Waals surface area contributed by atoms with E-state index in [9.17, 15) is 0 Å². The molecule has 1 nitrogen and oxygen atoms in total. The molecule has 0 atom stereocenters. The van der Waals surface area contributed by atoms with Crippen LogP contribution in [-0.2, 0) is 0 Å². The lowest BCUT2D eigenvalue weighted by atomic mass is 9.97. The molecule has 0 saturated heterocycles. The average molecular weight is 710 g/mol. The van der Waals surface area contributed by atoms with Crippen LogP contribution in [0.1, 0.15) is 0 Å². The van der Waals surface area contributed by atoms with Gasteiger partial charge in [0.2, 0.25) is 0 Å². The Balaban J connectivity index is 1.11. The Kier molecular flexibility index (Phi) is 6.97. The summed E-state index contributed by atoms with van der Waals surface area (Å²) in [5, 5.41) is 10.3. The van der Waals surface area contributed by atoms with Crippen LogP contribution in [0.15, 0.2) is 188 Å². The first-order valence-electron chi connectivity index (χ1n) is 18.0. The maximum absolute atomic E-state index is 2.47. The van der Waals surface area contributed by atoms with Gasteiger partial charge in [-0.25, -0.2) is 0 Å². The Bertz CT molecular complexity index is 3170. The van der Waals surface area contributed by atoms with Crippen molar-refractivity contribution in [1.82, 2.24) is 0 Å². The second-order valence-corrected chi connectivity index (χ2v) is 15.8. The number of thiophene rings is 2. The van der Waals surface area contributed by atoms with Crippen LogP contribution < -0.4 is 4.90 Å². The summed E-state index contributed by atoms with van der Waals surface area (Å²) in [6, 6.07) is 69.2. The fourth-order valence-corrected chi connectivity index (χ4v) is 10.5. The normalized spacial score (nSPS) is 11.8. The van der Waals surface area contributed by atoms with Crippen molar-refractivity contribution in [2.75, 3.05) is 4.90 Å². The first-order valence-corrected chi connectivity index (χ1v) is 19.6. The van der Waals surface area contributed by atoms with E-state index in [1.54, 1.807) is 0 Å². The van der Waals surface area contributed by atoms with Gasteiger partial charge in [-0.05, 0) is 92.3 Å². The van der Waals surface area contributed by atoms with E-state index in [1.165, 1.54) is 89.8 Å². The predicted molar refractivity (Wildman–Crippen MR) is 233 cm³/mol. The highest BCUT2D eigenvalue weighted by molar-refractivity contribution is 7.26. The van der Waals surface area contributed by atoms with Crippen LogP contribution in [0.2, 0.25) is 0 Å². The summed E-state index contributed by atoms with van der Waals surface area (Å²) in [5.74, 6) is 0. The van der Waals surface area contributed by atoms with Gasteiger partial charge in [-0.1, -0.05) is 140 Å². The van der Waals surface area contributed by atoms with Gasteiger partial charge in [0.25, 0.3) is 0 Å². The van der Waals surface area contributed by atoms with Crippen LogP contribution in [0.25, 0.3) is 84.1 Å². The molecule has 9 aromatic carbocycles. The number of rotatable bonds is 5. The van der Waals surface area contributed by atoms with Gasteiger partial charge in [0.05, 0.1) is 5.69 Å². The lowest BCUT2D eigenvalue weighted by Crippen LogP contribution is -2.10. The van der Waals surface area contributed by atoms with Crippen LogP contribution in [0.4, 0.5) is 17.1 Å². The molecule has 11 rings (SSSR count). The zero-order valence-corrected chi connectivity index (χ0v) is 30.3. The maximum atomic E-state index is 2.47. The summed E-state index contributed by atoms with van der Waals surface area (Å²) < 4.78 is 5.22. The second kappa shape index (κ2) is 12.2. The Morgan fingerprint density at radius 1 is 0.340 bits per heavy atom. The molecule has 2 aromatic heterocycles. The zero-order chi connectivity index (χ0) is 34.9. The molecule has 3 heteroatoms. The van der Waals surface area contributed by atoms with Crippen molar-refractivity contribution in [1.29, 1.82) is 0 Å². The summed E-state index contributed by atoms with van der Waals surface area (Å²) in [5.41, 5.74) is 8.39. The second-order valence-electron chi connectivity index (χ2n) is 13.7. The Hall–Kier alpha value is -6.26. The Morgan fingerprint density at radius 2 is 0.962 bits per heavy atom. The van der Waals surface area contributed by atoms with Crippen molar-refractivity contribution in [3.8, 4) is 22.3 Å². The molecular formula is C50H31NS2. The minimum Gasteiger partial charge on any atom is -0.310 e. The highest BCUT2D eigenvalue weighted by atomic mass is 32.1. The van der Waals surface area contributed by atoms with Gasteiger partial charge in [0.15, 0.2) is 0 Å². The zero-order valence-electron chi connectivity index (χ0n) is 28.7. The van der Waals surface area contributed by atoms with Crippen LogP contribution >= 0.6 is 22.7 Å². The monoisotopic (exact) mass is 709 g/mol. The minimum absolute atomic E-state index is 1.13. The number of anilines is 3. The van der Waals surface area contributed by atoms with Crippen molar-refractivity contribution < 1.29 is 0 Å². The van der Waals surface area contributed by atoms with Gasteiger partial charge in [0, 0.05) is 51.7 Å². The molecule has 0 fully saturated rings. The van der Waals surface area contributed by atoms with Gasteiger partial charge < -0.3 is 4.90 Å². The average Bonchev–Trinajstić information content (AvgIpc) is 3.80. The van der Waals surface area contributed by atoms with Crippen LogP contribution in [0.3, 0.4) is 0 Å². The van der Waals surface area contributed by atoms with Crippen LogP contribution in [0.5, 0.6) is 0 Å². The molecule has 0 saturated carbocycles. The standard InChI is InChI=1S/C50H31NS2/c1-2-10-33(11-3-1)41-28-29-45(49-44-15-7-9-17-47(44)53-50(41)49)51(38-25-27-43-42-14-6-8-16-46(42)52-48(43)31-38)37-23-20-32(21-24-37)35-22-26-40-36(30-35)19-18-34-12-4-5-13-39(34)40/h1-31H. The van der Waals surface area contributed by atoms with Crippen molar-refractivity contribution >= 4 is 102 Å². The molecule has 11 aromatic rings. The third-order valence-corrected chi connectivity index (χ3v) is 13.0. The van der Waals surface area contributed by atoms with E-state index in [0.717, 1.165) is 11.4 Å². The molecule has 248 valence electrons. The highest BCUT2D eigenvalue weighted by Crippen LogP contribution is 2.49. The molecule has 0 amide bonds. The third kappa shape index (κ3) is 4.97. The number of fused-ring (bicyclic) bond motifs is 9. The van der Waals surface area contributed by atoms with E-state index >= 15 is 0 Å². The van der Waals surface area contributed by atoms with E-state index in [-0.39, 0.29) is 0 Å². The van der Waals surface area contributed by atoms with E-state index < -0.39 is 0 Å². The summed E-state index contributed by atoms with van der Waals surface area (Å²) in [6.45, 7) is 0. The summed E-state index contributed by atoms with van der Waals surface area (Å²) in [4.78, 5) is 2.47. The Morgan fingerprint density at radius 3 is 1.81 bits per heavy atom. The van der Waals surface area contributed by atoms with Crippen LogP contribution in [-0.4, -0.2) is 0 Å². The fourth-order valence-electron chi connectivity index (χ4n) is 8.12. The molecule has 0 N–H and O–H groups in total. The molecule has 0 unspecified atom stereocenters. The molecule has 0 aliphatic carbocycles. The largest absolute Gasteiger partial charge is 0.310 e. The maximum Gasteiger partial charge on any atom is 0.0555 e. The highest BCUT2D eigenvalue weighted by Gasteiger charge is 2.22. The summed E-state index contributed by atoms with van der Waals surface area (Å²) >= 11 is 3.75. The number of hydrogen-bond acceptors (Lipinski definition) is 3. The van der Waals surface area contributed by atoms with Gasteiger partial charge >= 0.3 is 0 Å². The number of nitrogens with zero attached hydrogens (tertiary/aromatic N) is 1. The fraction of sp³-hybridized carbons (Fsp3) is 0. The van der Waals surface area contributed by atoms with E-state index in [1.807, 2.05) is 22.7 Å². The van der Waals surface area contributed by atoms with Crippen LogP contribution in [0, 0.1) is 0 Å². The molecule has 0 aliphatic rings. The number of hydrogen-bond donors (Lipinski definition) is 0. The molecule has 0 radical (unpaired) electrons. The van der Waals surface area contributed by atoms with E-state index in [0.29, 0.717) is 0 Å². The first-order chi connectivity index (χ1) is 26.3. The molecule has 0 aliphatic heterocycles. The van der Waals surface area contributed by atoms with Crippen molar-refractivity contribution in [2.24, 2.45) is 0 Å². The molecular weight excluding hydrogens is 679 g/mol. The predicted octanol–water partition coefficient (Wildman–Crippen LogP) is 15.5. The van der Waals surface area contributed by atoms with Crippen molar-refractivity contribution in [3.63, 3.8) is 0 Å². The van der Waals surface area contributed by atoms with E-state index in [2.05, 4.69) is 193 Å². The lowest BCUT2D eigenvalue weighted by molar-refractivity contribution is 1.31. The molecule has 53 heavy (non-hydrogen) atoms. The number of benzene rings is 9. The minimum atomic E-state index is 1.13. The first kappa shape index (κ1) is 30.4. The van der Waals surface area contributed by atoms with E-state index in [4.69, 9.17) is 0 Å². The van der Waals surface area contributed by atoms with Gasteiger partial charge in [-0.15, -0.1) is 22.7 Å². The van der Waals surface area contributed by atoms with Gasteiger partial charge in [0.1, 0.15) is 0 Å². The third-order valence-electron chi connectivity index (χ3n) is 10.7. The molecule has 0 spiro atoms. The van der Waals surface area contributed by atoms with Gasteiger partial charge in [-0.2, -0.15) is 0 Å². The topological polar surface area (TPSA) is 3.24 Å². The quantitative estimate of drug-likeness (QED) is 0.161. The smallest absolute Gasteiger partial charge is 0.0555 e. The van der Waals surface area contributed by atoms with Crippen molar-refractivity contribution in [2.45, 2.75) is 0 Å². The van der Waals surface area contributed by atoms with Gasteiger partial charge in [-0.3, -0.25) is 0 Å². The van der Waals surface area contributed by atoms with Crippen molar-refractivity contribution in [3.05, 3.63) is 188 Å². The molecule has 0 bridgehead atoms. The Labute approximate surface area is 315 Å². The summed E-state index contributed by atoms with van der Waals surface area (Å²) in [7, 11) is 0. The molecule has 2 heterocycles.